The average Bonchev–Trinajstić information content (AvgIpc) is 2.06. The Labute approximate surface area is 84.6 Å². The lowest BCUT2D eigenvalue weighted by molar-refractivity contribution is 0.389. The van der Waals surface area contributed by atoms with Crippen molar-refractivity contribution in [3.05, 3.63) is 35.2 Å². The van der Waals surface area contributed by atoms with Gasteiger partial charge in [0.25, 0.3) is 0 Å². The molecule has 14 heavy (non-hydrogen) atoms. The van der Waals surface area contributed by atoms with Gasteiger partial charge < -0.3 is 4.74 Å². The van der Waals surface area contributed by atoms with E-state index in [-0.39, 0.29) is 0 Å². The van der Waals surface area contributed by atoms with Gasteiger partial charge in [-0.2, -0.15) is 0 Å². The fourth-order valence-corrected chi connectivity index (χ4v) is 1.45. The number of hydrogen-bond donors (Lipinski definition) is 0. The van der Waals surface area contributed by atoms with E-state index in [4.69, 9.17) is 4.74 Å². The van der Waals surface area contributed by atoms with Gasteiger partial charge in [-0.25, -0.2) is 4.98 Å². The largest absolute Gasteiger partial charge is 0.444 e. The molecule has 0 aliphatic heterocycles. The summed E-state index contributed by atoms with van der Waals surface area (Å²) in [5.74, 6) is 1.74. The lowest BCUT2D eigenvalue weighted by Crippen LogP contribution is -2.05. The van der Waals surface area contributed by atoms with Gasteiger partial charge in [0.2, 0.25) is 5.88 Å². The van der Waals surface area contributed by atoms with Crippen LogP contribution in [0.2, 0.25) is 0 Å². The number of hydrogen-bond acceptors (Lipinski definition) is 2. The third-order valence-corrected chi connectivity index (χ3v) is 2.60. The molecule has 2 rings (SSSR count). The molecule has 1 aromatic rings. The molecule has 0 bridgehead atoms. The molecule has 1 fully saturated rings. The van der Waals surface area contributed by atoms with E-state index in [1.165, 1.54) is 24.8 Å². The third-order valence-electron chi connectivity index (χ3n) is 2.60. The Balaban J connectivity index is 2.07. The van der Waals surface area contributed by atoms with Gasteiger partial charge in [-0.15, -0.1) is 0 Å². The Morgan fingerprint density at radius 1 is 1.36 bits per heavy atom. The summed E-state index contributed by atoms with van der Waals surface area (Å²) < 4.78 is 5.64. The number of aromatic nitrogens is 1. The standard InChI is InChI=1S/C12H15NO/c1-9-6-7-12(13-8-9)14-10(2)11-4-3-5-11/h6-8H,3-5H2,1-2H3. The first-order chi connectivity index (χ1) is 6.75. The smallest absolute Gasteiger partial charge is 0.218 e. The maximum absolute atomic E-state index is 5.64. The van der Waals surface area contributed by atoms with Crippen LogP contribution in [0.5, 0.6) is 5.88 Å². The zero-order chi connectivity index (χ0) is 9.97. The van der Waals surface area contributed by atoms with Gasteiger partial charge in [-0.3, -0.25) is 0 Å². The molecule has 1 heterocycles. The number of pyridine rings is 1. The number of ether oxygens (including phenoxy) is 1. The minimum absolute atomic E-state index is 0.701. The number of aryl methyl sites for hydroxylation is 1. The molecule has 0 radical (unpaired) electrons. The molecule has 74 valence electrons. The van der Waals surface area contributed by atoms with Crippen molar-refractivity contribution >= 4 is 0 Å². The van der Waals surface area contributed by atoms with Gasteiger partial charge in [-0.05, 0) is 44.2 Å². The molecule has 1 aromatic heterocycles. The highest BCUT2D eigenvalue weighted by Gasteiger charge is 2.13. The Hall–Kier alpha value is -1.31. The summed E-state index contributed by atoms with van der Waals surface area (Å²) in [6, 6.07) is 3.93. The minimum atomic E-state index is 0.701. The monoisotopic (exact) mass is 189 g/mol. The van der Waals surface area contributed by atoms with Crippen LogP contribution in [-0.2, 0) is 0 Å². The van der Waals surface area contributed by atoms with Crippen molar-refractivity contribution in [3.63, 3.8) is 0 Å². The van der Waals surface area contributed by atoms with Crippen molar-refractivity contribution in [2.24, 2.45) is 0 Å². The maximum Gasteiger partial charge on any atom is 0.218 e. The Morgan fingerprint density at radius 2 is 2.14 bits per heavy atom. The average molecular weight is 189 g/mol. The highest BCUT2D eigenvalue weighted by Crippen LogP contribution is 2.29. The summed E-state index contributed by atoms with van der Waals surface area (Å²) >= 11 is 0. The van der Waals surface area contributed by atoms with Gasteiger partial charge in [0.1, 0.15) is 5.76 Å². The second-order valence-corrected chi connectivity index (χ2v) is 3.79. The van der Waals surface area contributed by atoms with E-state index in [2.05, 4.69) is 4.98 Å². The van der Waals surface area contributed by atoms with E-state index in [1.54, 1.807) is 0 Å². The van der Waals surface area contributed by atoms with E-state index in [0.717, 1.165) is 11.3 Å². The van der Waals surface area contributed by atoms with E-state index >= 15 is 0 Å². The molecule has 0 amide bonds. The number of allylic oxidation sites excluding steroid dienone is 2. The zero-order valence-electron chi connectivity index (χ0n) is 8.71. The van der Waals surface area contributed by atoms with Gasteiger partial charge in [-0.1, -0.05) is 6.07 Å². The summed E-state index contributed by atoms with van der Waals surface area (Å²) in [5.41, 5.74) is 2.60. The summed E-state index contributed by atoms with van der Waals surface area (Å²) in [7, 11) is 0. The van der Waals surface area contributed by atoms with E-state index in [1.807, 2.05) is 32.2 Å². The van der Waals surface area contributed by atoms with Crippen LogP contribution in [0.25, 0.3) is 0 Å². The van der Waals surface area contributed by atoms with Crippen molar-refractivity contribution < 1.29 is 4.74 Å². The van der Waals surface area contributed by atoms with Crippen LogP contribution in [0.4, 0.5) is 0 Å². The van der Waals surface area contributed by atoms with Crippen LogP contribution in [0.15, 0.2) is 29.7 Å². The Morgan fingerprint density at radius 3 is 2.64 bits per heavy atom. The van der Waals surface area contributed by atoms with Crippen molar-refractivity contribution in [3.8, 4) is 5.88 Å². The molecule has 2 nitrogen and oxygen atoms in total. The Kier molecular flexibility index (Phi) is 2.53. The van der Waals surface area contributed by atoms with Crippen LogP contribution in [0.1, 0.15) is 31.7 Å². The molecule has 0 aromatic carbocycles. The van der Waals surface area contributed by atoms with Gasteiger partial charge in [0.05, 0.1) is 0 Å². The first-order valence-electron chi connectivity index (χ1n) is 5.05. The summed E-state index contributed by atoms with van der Waals surface area (Å²) in [4.78, 5) is 4.20. The quantitative estimate of drug-likeness (QED) is 0.666. The zero-order valence-corrected chi connectivity index (χ0v) is 8.71. The maximum atomic E-state index is 5.64. The molecule has 0 spiro atoms. The number of rotatable bonds is 2. The van der Waals surface area contributed by atoms with Crippen LogP contribution < -0.4 is 4.74 Å². The normalized spacial score (nSPS) is 14.9. The van der Waals surface area contributed by atoms with Gasteiger partial charge >= 0.3 is 0 Å². The fraction of sp³-hybridized carbons (Fsp3) is 0.417. The second-order valence-electron chi connectivity index (χ2n) is 3.79. The molecule has 1 saturated carbocycles. The first kappa shape index (κ1) is 9.25. The Bertz CT molecular complexity index is 345. The molecule has 0 N–H and O–H groups in total. The van der Waals surface area contributed by atoms with Crippen LogP contribution in [0.3, 0.4) is 0 Å². The van der Waals surface area contributed by atoms with E-state index < -0.39 is 0 Å². The highest BCUT2D eigenvalue weighted by atomic mass is 16.5. The minimum Gasteiger partial charge on any atom is -0.444 e. The highest BCUT2D eigenvalue weighted by molar-refractivity contribution is 5.21. The van der Waals surface area contributed by atoms with Crippen molar-refractivity contribution in [1.29, 1.82) is 0 Å². The molecule has 0 unspecified atom stereocenters. The molecule has 0 atom stereocenters. The molecular formula is C12H15NO. The van der Waals surface area contributed by atoms with Crippen LogP contribution >= 0.6 is 0 Å². The predicted molar refractivity (Wildman–Crippen MR) is 56.2 cm³/mol. The molecule has 0 saturated heterocycles. The van der Waals surface area contributed by atoms with Gasteiger partial charge in [0.15, 0.2) is 0 Å². The SMILES string of the molecule is CC(Oc1ccc(C)cn1)=C1CCC1. The summed E-state index contributed by atoms with van der Waals surface area (Å²) in [6.45, 7) is 4.05. The number of nitrogens with zero attached hydrogens (tertiary/aromatic N) is 1. The fourth-order valence-electron chi connectivity index (χ4n) is 1.45. The third kappa shape index (κ3) is 1.95. The predicted octanol–water partition coefficient (Wildman–Crippen LogP) is 3.23. The lowest BCUT2D eigenvalue weighted by atomic mass is 9.91. The summed E-state index contributed by atoms with van der Waals surface area (Å²) in [5, 5.41) is 0. The molecule has 2 heteroatoms. The summed E-state index contributed by atoms with van der Waals surface area (Å²) in [6.07, 6.45) is 5.51. The van der Waals surface area contributed by atoms with Crippen molar-refractivity contribution in [2.45, 2.75) is 33.1 Å². The molecule has 1 aliphatic rings. The van der Waals surface area contributed by atoms with Crippen molar-refractivity contribution in [1.82, 2.24) is 4.98 Å². The first-order valence-corrected chi connectivity index (χ1v) is 5.05. The van der Waals surface area contributed by atoms with Crippen molar-refractivity contribution in [2.75, 3.05) is 0 Å². The van der Waals surface area contributed by atoms with Crippen LogP contribution in [-0.4, -0.2) is 4.98 Å². The van der Waals surface area contributed by atoms with E-state index in [9.17, 15) is 0 Å². The van der Waals surface area contributed by atoms with Crippen LogP contribution in [0, 0.1) is 6.92 Å². The topological polar surface area (TPSA) is 22.1 Å². The molecular weight excluding hydrogens is 174 g/mol. The van der Waals surface area contributed by atoms with Gasteiger partial charge in [0, 0.05) is 12.3 Å². The second kappa shape index (κ2) is 3.82. The lowest BCUT2D eigenvalue weighted by Gasteiger charge is -2.19. The van der Waals surface area contributed by atoms with E-state index in [0.29, 0.717) is 5.88 Å². The molecule has 1 aliphatic carbocycles.